The molecule has 1 aromatic rings. The summed E-state index contributed by atoms with van der Waals surface area (Å²) in [5.74, 6) is -2.87. The first-order valence-corrected chi connectivity index (χ1v) is 4.29. The van der Waals surface area contributed by atoms with Gasteiger partial charge in [-0.15, -0.1) is 0 Å². The highest BCUT2D eigenvalue weighted by atomic mass is 19.3. The maximum atomic E-state index is 12.5. The van der Waals surface area contributed by atoms with Crippen molar-refractivity contribution in [2.45, 2.75) is 32.7 Å². The zero-order valence-corrected chi connectivity index (χ0v) is 8.13. The largest absolute Gasteiger partial charge is 0.328 e. The van der Waals surface area contributed by atoms with Crippen LogP contribution in [0.15, 0.2) is 12.5 Å². The lowest BCUT2D eigenvalue weighted by molar-refractivity contribution is 0.00849. The summed E-state index contributed by atoms with van der Waals surface area (Å²) in [6.07, 6.45) is 2.49. The van der Waals surface area contributed by atoms with Gasteiger partial charge in [-0.05, 0) is 6.92 Å². The average Bonchev–Trinajstić information content (AvgIpc) is 2.46. The topological polar surface area (TPSA) is 34.9 Å². The molecule has 0 radical (unpaired) electrons. The van der Waals surface area contributed by atoms with E-state index in [1.54, 1.807) is 0 Å². The molecule has 0 fully saturated rings. The zero-order chi connectivity index (χ0) is 10.8. The van der Waals surface area contributed by atoms with Crippen molar-refractivity contribution in [2.75, 3.05) is 0 Å². The maximum Gasteiger partial charge on any atom is 0.247 e. The number of halogens is 2. The number of carbonyl (C=O) groups is 1. The summed E-state index contributed by atoms with van der Waals surface area (Å²) in [5.41, 5.74) is 0.370. The average molecular weight is 202 g/mol. The summed E-state index contributed by atoms with van der Waals surface area (Å²) in [6, 6.07) is 0. The van der Waals surface area contributed by atoms with E-state index in [1.807, 2.05) is 0 Å². The molecule has 0 aliphatic carbocycles. The van der Waals surface area contributed by atoms with Crippen LogP contribution in [-0.4, -0.2) is 21.3 Å². The van der Waals surface area contributed by atoms with Gasteiger partial charge in [0, 0.05) is 19.9 Å². The van der Waals surface area contributed by atoms with Crippen LogP contribution in [0.3, 0.4) is 0 Å². The minimum atomic E-state index is -2.71. The van der Waals surface area contributed by atoms with Crippen LogP contribution >= 0.6 is 0 Å². The monoisotopic (exact) mass is 202 g/mol. The van der Waals surface area contributed by atoms with E-state index in [0.29, 0.717) is 5.69 Å². The summed E-state index contributed by atoms with van der Waals surface area (Å²) >= 11 is 0. The van der Waals surface area contributed by atoms with Crippen molar-refractivity contribution in [3.05, 3.63) is 18.2 Å². The second-order valence-electron chi connectivity index (χ2n) is 3.35. The fourth-order valence-corrected chi connectivity index (χ4v) is 1.11. The number of hydrogen-bond donors (Lipinski definition) is 0. The van der Waals surface area contributed by atoms with E-state index in [2.05, 4.69) is 4.98 Å². The van der Waals surface area contributed by atoms with Crippen molar-refractivity contribution in [2.24, 2.45) is 0 Å². The predicted molar refractivity (Wildman–Crippen MR) is 47.5 cm³/mol. The quantitative estimate of drug-likeness (QED) is 0.701. The molecule has 0 saturated carbocycles. The number of rotatable bonds is 4. The summed E-state index contributed by atoms with van der Waals surface area (Å²) in [7, 11) is 0. The van der Waals surface area contributed by atoms with Gasteiger partial charge in [0.05, 0.1) is 12.5 Å². The normalized spacial score (nSPS) is 11.7. The summed E-state index contributed by atoms with van der Waals surface area (Å²) in [6.45, 7) is 2.35. The Kier molecular flexibility index (Phi) is 2.98. The highest BCUT2D eigenvalue weighted by molar-refractivity contribution is 5.92. The Balaban J connectivity index is 2.68. The van der Waals surface area contributed by atoms with Gasteiger partial charge in [-0.1, -0.05) is 0 Å². The SMILES string of the molecule is CC(=O)c1cncn1CCC(C)(F)F. The Morgan fingerprint density at radius 3 is 2.79 bits per heavy atom. The third-order valence-corrected chi connectivity index (χ3v) is 1.86. The van der Waals surface area contributed by atoms with Crippen molar-refractivity contribution >= 4 is 5.78 Å². The van der Waals surface area contributed by atoms with Gasteiger partial charge in [0.1, 0.15) is 5.69 Å². The number of aryl methyl sites for hydroxylation is 1. The molecule has 0 aliphatic rings. The smallest absolute Gasteiger partial charge is 0.247 e. The number of alkyl halides is 2. The lowest BCUT2D eigenvalue weighted by atomic mass is 10.2. The Morgan fingerprint density at radius 2 is 2.29 bits per heavy atom. The summed E-state index contributed by atoms with van der Waals surface area (Å²) in [4.78, 5) is 14.7. The number of nitrogens with zero attached hydrogens (tertiary/aromatic N) is 2. The second-order valence-corrected chi connectivity index (χ2v) is 3.35. The van der Waals surface area contributed by atoms with Gasteiger partial charge < -0.3 is 4.57 Å². The third kappa shape index (κ3) is 2.90. The molecule has 0 N–H and O–H groups in total. The molecule has 3 nitrogen and oxygen atoms in total. The molecule has 5 heteroatoms. The standard InChI is InChI=1S/C9H12F2N2O/c1-7(14)8-5-12-6-13(8)4-3-9(2,10)11/h5-6H,3-4H2,1-2H3. The highest BCUT2D eigenvalue weighted by Gasteiger charge is 2.21. The molecule has 0 amide bonds. The Labute approximate surface area is 80.8 Å². The minimum Gasteiger partial charge on any atom is -0.328 e. The van der Waals surface area contributed by atoms with E-state index < -0.39 is 5.92 Å². The van der Waals surface area contributed by atoms with Crippen LogP contribution in [0.5, 0.6) is 0 Å². The molecule has 14 heavy (non-hydrogen) atoms. The number of carbonyl (C=O) groups excluding carboxylic acids is 1. The number of aromatic nitrogens is 2. The van der Waals surface area contributed by atoms with E-state index in [9.17, 15) is 13.6 Å². The second kappa shape index (κ2) is 3.86. The van der Waals surface area contributed by atoms with Gasteiger partial charge in [-0.3, -0.25) is 4.79 Å². The van der Waals surface area contributed by atoms with E-state index in [-0.39, 0.29) is 18.7 Å². The minimum absolute atomic E-state index is 0.110. The first-order valence-electron chi connectivity index (χ1n) is 4.29. The maximum absolute atomic E-state index is 12.5. The molecule has 0 saturated heterocycles. The summed E-state index contributed by atoms with van der Waals surface area (Å²) in [5, 5.41) is 0. The van der Waals surface area contributed by atoms with Crippen LogP contribution < -0.4 is 0 Å². The number of hydrogen-bond acceptors (Lipinski definition) is 2. The number of Topliss-reactive ketones (excluding diaryl/α,β-unsaturated/α-hetero) is 1. The van der Waals surface area contributed by atoms with Gasteiger partial charge in [0.25, 0.3) is 0 Å². The van der Waals surface area contributed by atoms with Gasteiger partial charge in [-0.2, -0.15) is 0 Å². The van der Waals surface area contributed by atoms with E-state index in [0.717, 1.165) is 6.92 Å². The lowest BCUT2D eigenvalue weighted by Crippen LogP contribution is -2.15. The summed E-state index contributed by atoms with van der Waals surface area (Å²) < 4.78 is 26.5. The fraction of sp³-hybridized carbons (Fsp3) is 0.556. The van der Waals surface area contributed by atoms with E-state index in [1.165, 1.54) is 24.0 Å². The fourth-order valence-electron chi connectivity index (χ4n) is 1.11. The highest BCUT2D eigenvalue weighted by Crippen LogP contribution is 2.18. The van der Waals surface area contributed by atoms with Crippen molar-refractivity contribution in [1.29, 1.82) is 0 Å². The van der Waals surface area contributed by atoms with Crippen molar-refractivity contribution in [3.63, 3.8) is 0 Å². The van der Waals surface area contributed by atoms with Gasteiger partial charge in [0.2, 0.25) is 5.92 Å². The van der Waals surface area contributed by atoms with Crippen LogP contribution in [0, 0.1) is 0 Å². The van der Waals surface area contributed by atoms with Gasteiger partial charge in [0.15, 0.2) is 5.78 Å². The number of ketones is 1. The van der Waals surface area contributed by atoms with Crippen LogP contribution in [0.2, 0.25) is 0 Å². The van der Waals surface area contributed by atoms with Crippen LogP contribution in [0.1, 0.15) is 30.8 Å². The first kappa shape index (κ1) is 10.8. The predicted octanol–water partition coefficient (Wildman–Crippen LogP) is 2.13. The van der Waals surface area contributed by atoms with Gasteiger partial charge >= 0.3 is 0 Å². The number of imidazole rings is 1. The van der Waals surface area contributed by atoms with E-state index >= 15 is 0 Å². The van der Waals surface area contributed by atoms with Crippen molar-refractivity contribution in [1.82, 2.24) is 9.55 Å². The molecule has 0 aliphatic heterocycles. The third-order valence-electron chi connectivity index (χ3n) is 1.86. The molecule has 0 bridgehead atoms. The molecule has 78 valence electrons. The molecule has 1 aromatic heterocycles. The molecule has 1 rings (SSSR count). The van der Waals surface area contributed by atoms with Crippen molar-refractivity contribution in [3.8, 4) is 0 Å². The molecular weight excluding hydrogens is 190 g/mol. The molecule has 0 unspecified atom stereocenters. The van der Waals surface area contributed by atoms with Crippen LogP contribution in [0.4, 0.5) is 8.78 Å². The Morgan fingerprint density at radius 1 is 1.64 bits per heavy atom. The molecule has 0 aromatic carbocycles. The first-order chi connectivity index (χ1) is 6.40. The molecular formula is C9H12F2N2O. The lowest BCUT2D eigenvalue weighted by Gasteiger charge is -2.11. The van der Waals surface area contributed by atoms with E-state index in [4.69, 9.17) is 0 Å². The van der Waals surface area contributed by atoms with Crippen molar-refractivity contribution < 1.29 is 13.6 Å². The Bertz CT molecular complexity index is 328. The van der Waals surface area contributed by atoms with Crippen LogP contribution in [0.25, 0.3) is 0 Å². The van der Waals surface area contributed by atoms with Gasteiger partial charge in [-0.25, -0.2) is 13.8 Å². The van der Waals surface area contributed by atoms with Crippen LogP contribution in [-0.2, 0) is 6.54 Å². The zero-order valence-electron chi connectivity index (χ0n) is 8.13. The molecule has 0 atom stereocenters. The molecule has 0 spiro atoms. The Hall–Kier alpha value is -1.26. The molecule has 1 heterocycles.